The second kappa shape index (κ2) is 6.36. The number of hydrogen-bond acceptors (Lipinski definition) is 2. The van der Waals surface area contributed by atoms with Crippen molar-refractivity contribution in [3.8, 4) is 0 Å². The monoisotopic (exact) mass is 372 g/mol. The summed E-state index contributed by atoms with van der Waals surface area (Å²) in [5.74, 6) is 0.200. The Hall–Kier alpha value is -1.11. The van der Waals surface area contributed by atoms with Gasteiger partial charge in [-0.3, -0.25) is 9.59 Å². The van der Waals surface area contributed by atoms with Crippen LogP contribution in [0.2, 0.25) is 0 Å². The van der Waals surface area contributed by atoms with Gasteiger partial charge in [-0.15, -0.1) is 0 Å². The Morgan fingerprint density at radius 1 is 1.26 bits per heavy atom. The van der Waals surface area contributed by atoms with Crippen LogP contribution in [0, 0.1) is 9.49 Å². The van der Waals surface area contributed by atoms with Crippen LogP contribution in [0.4, 0.5) is 0 Å². The van der Waals surface area contributed by atoms with E-state index in [0.717, 1.165) is 22.0 Å². The van der Waals surface area contributed by atoms with Crippen molar-refractivity contribution in [3.63, 3.8) is 0 Å². The normalized spacial score (nSPS) is 16.2. The SMILES string of the molecule is CNC(=O)C1CCN(C(=O)c2ccccc2I)CC1. The molecule has 1 aliphatic rings. The van der Waals surface area contributed by atoms with Crippen LogP contribution < -0.4 is 5.32 Å². The summed E-state index contributed by atoms with van der Waals surface area (Å²) in [6.45, 7) is 1.31. The van der Waals surface area contributed by atoms with Crippen LogP contribution in [0.1, 0.15) is 23.2 Å². The number of carbonyl (C=O) groups excluding carboxylic acids is 2. The van der Waals surface area contributed by atoms with Crippen LogP contribution in [0.15, 0.2) is 24.3 Å². The fourth-order valence-electron chi connectivity index (χ4n) is 2.35. The number of hydrogen-bond donors (Lipinski definition) is 1. The molecule has 4 nitrogen and oxygen atoms in total. The minimum atomic E-state index is 0.0453. The molecule has 19 heavy (non-hydrogen) atoms. The zero-order valence-electron chi connectivity index (χ0n) is 10.9. The van der Waals surface area contributed by atoms with E-state index in [0.29, 0.717) is 13.1 Å². The molecule has 0 aliphatic carbocycles. The third kappa shape index (κ3) is 3.26. The average molecular weight is 372 g/mol. The van der Waals surface area contributed by atoms with E-state index in [-0.39, 0.29) is 17.7 Å². The zero-order chi connectivity index (χ0) is 13.8. The summed E-state index contributed by atoms with van der Waals surface area (Å²) in [4.78, 5) is 25.8. The highest BCUT2D eigenvalue weighted by Gasteiger charge is 2.27. The molecule has 0 atom stereocenters. The lowest BCUT2D eigenvalue weighted by Gasteiger charge is -2.31. The van der Waals surface area contributed by atoms with Crippen LogP contribution in [0.5, 0.6) is 0 Å². The first kappa shape index (κ1) is 14.3. The van der Waals surface area contributed by atoms with Gasteiger partial charge in [-0.05, 0) is 47.6 Å². The van der Waals surface area contributed by atoms with E-state index in [9.17, 15) is 9.59 Å². The van der Waals surface area contributed by atoms with Crippen LogP contribution in [0.25, 0.3) is 0 Å². The lowest BCUT2D eigenvalue weighted by atomic mass is 9.95. The fraction of sp³-hybridized carbons (Fsp3) is 0.429. The molecule has 1 fully saturated rings. The smallest absolute Gasteiger partial charge is 0.254 e. The van der Waals surface area contributed by atoms with Crippen molar-refractivity contribution in [1.82, 2.24) is 10.2 Å². The Kier molecular flexibility index (Phi) is 4.79. The first-order valence-electron chi connectivity index (χ1n) is 6.39. The number of piperidine rings is 1. The summed E-state index contributed by atoms with van der Waals surface area (Å²) < 4.78 is 0.971. The molecule has 0 radical (unpaired) electrons. The van der Waals surface area contributed by atoms with Gasteiger partial charge in [0.1, 0.15) is 0 Å². The van der Waals surface area contributed by atoms with Gasteiger partial charge in [0.15, 0.2) is 0 Å². The summed E-state index contributed by atoms with van der Waals surface area (Å²) in [6, 6.07) is 7.60. The van der Waals surface area contributed by atoms with Gasteiger partial charge in [-0.2, -0.15) is 0 Å². The predicted octanol–water partition coefficient (Wildman–Crippen LogP) is 1.89. The van der Waals surface area contributed by atoms with Gasteiger partial charge in [0.25, 0.3) is 5.91 Å². The Labute approximate surface area is 126 Å². The van der Waals surface area contributed by atoms with Crippen molar-refractivity contribution in [2.24, 2.45) is 5.92 Å². The highest BCUT2D eigenvalue weighted by Crippen LogP contribution is 2.21. The van der Waals surface area contributed by atoms with Gasteiger partial charge < -0.3 is 10.2 Å². The summed E-state index contributed by atoms with van der Waals surface area (Å²) >= 11 is 2.18. The molecule has 0 bridgehead atoms. The molecule has 1 N–H and O–H groups in total. The molecule has 0 unspecified atom stereocenters. The van der Waals surface area contributed by atoms with Crippen LogP contribution in [0.3, 0.4) is 0 Å². The molecule has 1 heterocycles. The maximum absolute atomic E-state index is 12.4. The number of carbonyl (C=O) groups is 2. The molecule has 1 aromatic rings. The summed E-state index contributed by atoms with van der Waals surface area (Å²) in [7, 11) is 1.66. The Morgan fingerprint density at radius 3 is 2.47 bits per heavy atom. The molecule has 2 amide bonds. The largest absolute Gasteiger partial charge is 0.359 e. The molecule has 5 heteroatoms. The quantitative estimate of drug-likeness (QED) is 0.807. The first-order chi connectivity index (χ1) is 9.13. The van der Waals surface area contributed by atoms with Gasteiger partial charge in [0.2, 0.25) is 5.91 Å². The van der Waals surface area contributed by atoms with Crippen LogP contribution >= 0.6 is 22.6 Å². The molecule has 1 saturated heterocycles. The Balaban J connectivity index is 2.00. The molecule has 1 aromatic carbocycles. The van der Waals surface area contributed by atoms with E-state index >= 15 is 0 Å². The van der Waals surface area contributed by atoms with Crippen molar-refractivity contribution < 1.29 is 9.59 Å². The minimum absolute atomic E-state index is 0.0453. The van der Waals surface area contributed by atoms with E-state index in [1.54, 1.807) is 7.05 Å². The molecule has 0 aromatic heterocycles. The number of halogens is 1. The fourth-order valence-corrected chi connectivity index (χ4v) is 2.97. The van der Waals surface area contributed by atoms with Gasteiger partial charge in [-0.1, -0.05) is 12.1 Å². The van der Waals surface area contributed by atoms with Crippen LogP contribution in [-0.4, -0.2) is 36.9 Å². The Bertz CT molecular complexity index is 482. The van der Waals surface area contributed by atoms with Gasteiger partial charge in [0.05, 0.1) is 5.56 Å². The van der Waals surface area contributed by atoms with E-state index < -0.39 is 0 Å². The minimum Gasteiger partial charge on any atom is -0.359 e. The molecule has 102 valence electrons. The average Bonchev–Trinajstić information content (AvgIpc) is 2.46. The summed E-state index contributed by atoms with van der Waals surface area (Å²) in [6.07, 6.45) is 1.49. The highest BCUT2D eigenvalue weighted by atomic mass is 127. The van der Waals surface area contributed by atoms with Gasteiger partial charge >= 0.3 is 0 Å². The molecule has 1 aliphatic heterocycles. The van der Waals surface area contributed by atoms with Crippen molar-refractivity contribution >= 4 is 34.4 Å². The summed E-state index contributed by atoms with van der Waals surface area (Å²) in [5.41, 5.74) is 0.751. The topological polar surface area (TPSA) is 49.4 Å². The maximum atomic E-state index is 12.4. The summed E-state index contributed by atoms with van der Waals surface area (Å²) in [5, 5.41) is 2.68. The van der Waals surface area contributed by atoms with Crippen molar-refractivity contribution in [2.75, 3.05) is 20.1 Å². The van der Waals surface area contributed by atoms with E-state index in [1.807, 2.05) is 29.2 Å². The molecule has 0 spiro atoms. The number of nitrogens with one attached hydrogen (secondary N) is 1. The second-order valence-electron chi connectivity index (χ2n) is 4.66. The highest BCUT2D eigenvalue weighted by molar-refractivity contribution is 14.1. The van der Waals surface area contributed by atoms with Crippen LogP contribution in [-0.2, 0) is 4.79 Å². The van der Waals surface area contributed by atoms with Gasteiger partial charge in [0, 0.05) is 29.6 Å². The number of amides is 2. The standard InChI is InChI=1S/C14H17IN2O2/c1-16-13(18)10-6-8-17(9-7-10)14(19)11-4-2-3-5-12(11)15/h2-5,10H,6-9H2,1H3,(H,16,18). The van der Waals surface area contributed by atoms with Gasteiger partial charge in [-0.25, -0.2) is 0 Å². The second-order valence-corrected chi connectivity index (χ2v) is 5.82. The molecular weight excluding hydrogens is 355 g/mol. The first-order valence-corrected chi connectivity index (χ1v) is 7.46. The number of benzene rings is 1. The molecule has 0 saturated carbocycles. The lowest BCUT2D eigenvalue weighted by molar-refractivity contribution is -0.125. The van der Waals surface area contributed by atoms with Crippen molar-refractivity contribution in [3.05, 3.63) is 33.4 Å². The molecular formula is C14H17IN2O2. The predicted molar refractivity (Wildman–Crippen MR) is 81.9 cm³/mol. The van der Waals surface area contributed by atoms with E-state index in [2.05, 4.69) is 27.9 Å². The Morgan fingerprint density at radius 2 is 1.89 bits per heavy atom. The van der Waals surface area contributed by atoms with E-state index in [1.165, 1.54) is 0 Å². The van der Waals surface area contributed by atoms with Crippen molar-refractivity contribution in [1.29, 1.82) is 0 Å². The lowest BCUT2D eigenvalue weighted by Crippen LogP contribution is -2.42. The zero-order valence-corrected chi connectivity index (χ0v) is 13.0. The third-order valence-electron chi connectivity index (χ3n) is 3.50. The number of nitrogens with zero attached hydrogens (tertiary/aromatic N) is 1. The maximum Gasteiger partial charge on any atom is 0.254 e. The molecule has 2 rings (SSSR count). The number of rotatable bonds is 2. The van der Waals surface area contributed by atoms with E-state index in [4.69, 9.17) is 0 Å². The number of likely N-dealkylation sites (tertiary alicyclic amines) is 1. The third-order valence-corrected chi connectivity index (χ3v) is 4.44. The van der Waals surface area contributed by atoms with Crippen molar-refractivity contribution in [2.45, 2.75) is 12.8 Å².